The Morgan fingerprint density at radius 3 is 2.88 bits per heavy atom. The summed E-state index contributed by atoms with van der Waals surface area (Å²) in [6.07, 6.45) is 3.18. The second kappa shape index (κ2) is 8.62. The number of rotatable bonds is 6. The van der Waals surface area contributed by atoms with E-state index in [0.29, 0.717) is 12.0 Å². The molecule has 2 aliphatic rings. The van der Waals surface area contributed by atoms with Crippen LogP contribution in [0.5, 0.6) is 11.5 Å². The van der Waals surface area contributed by atoms with Crippen molar-refractivity contribution >= 4 is 5.96 Å². The molecular weight excluding hydrogens is 330 g/mol. The van der Waals surface area contributed by atoms with Crippen molar-refractivity contribution in [2.45, 2.75) is 26.2 Å². The van der Waals surface area contributed by atoms with Crippen LogP contribution in [0.1, 0.15) is 25.3 Å². The maximum Gasteiger partial charge on any atom is 0.193 e. The fraction of sp³-hybridized carbons (Fsp3) is 0.650. The summed E-state index contributed by atoms with van der Waals surface area (Å²) in [6, 6.07) is 5.90. The Morgan fingerprint density at radius 1 is 1.31 bits per heavy atom. The first kappa shape index (κ1) is 18.8. The first-order chi connectivity index (χ1) is 12.7. The zero-order valence-electron chi connectivity index (χ0n) is 16.2. The van der Waals surface area contributed by atoms with Crippen molar-refractivity contribution in [1.29, 1.82) is 0 Å². The van der Waals surface area contributed by atoms with Crippen LogP contribution in [0.2, 0.25) is 0 Å². The van der Waals surface area contributed by atoms with Crippen LogP contribution in [0.25, 0.3) is 0 Å². The van der Waals surface area contributed by atoms with Gasteiger partial charge in [-0.2, -0.15) is 0 Å². The number of likely N-dealkylation sites (tertiary alicyclic amines) is 1. The number of hydrogen-bond acceptors (Lipinski definition) is 4. The number of hydrogen-bond donors (Lipinski definition) is 1. The van der Waals surface area contributed by atoms with E-state index >= 15 is 0 Å². The number of nitrogens with one attached hydrogen (secondary N) is 1. The molecule has 6 heteroatoms. The van der Waals surface area contributed by atoms with Crippen molar-refractivity contribution in [3.05, 3.63) is 23.8 Å². The van der Waals surface area contributed by atoms with Gasteiger partial charge >= 0.3 is 0 Å². The molecule has 1 atom stereocenters. The fourth-order valence-corrected chi connectivity index (χ4v) is 3.87. The van der Waals surface area contributed by atoms with Crippen LogP contribution in [-0.2, 0) is 11.2 Å². The van der Waals surface area contributed by atoms with E-state index in [-0.39, 0.29) is 0 Å². The lowest BCUT2D eigenvalue weighted by Gasteiger charge is -2.25. The van der Waals surface area contributed by atoms with Gasteiger partial charge in [0, 0.05) is 38.2 Å². The first-order valence-electron chi connectivity index (χ1n) is 9.51. The zero-order chi connectivity index (χ0) is 18.4. The number of guanidine groups is 1. The van der Waals surface area contributed by atoms with Crippen LogP contribution >= 0.6 is 0 Å². The summed E-state index contributed by atoms with van der Waals surface area (Å²) < 4.78 is 16.4. The molecule has 26 heavy (non-hydrogen) atoms. The van der Waals surface area contributed by atoms with Gasteiger partial charge in [-0.25, -0.2) is 0 Å². The lowest BCUT2D eigenvalue weighted by Crippen LogP contribution is -2.41. The van der Waals surface area contributed by atoms with Crippen molar-refractivity contribution in [2.75, 3.05) is 53.6 Å². The van der Waals surface area contributed by atoms with Gasteiger partial charge in [0.2, 0.25) is 0 Å². The van der Waals surface area contributed by atoms with Crippen molar-refractivity contribution < 1.29 is 14.2 Å². The number of ether oxygens (including phenoxy) is 3. The van der Waals surface area contributed by atoms with Crippen LogP contribution in [0.3, 0.4) is 0 Å². The largest absolute Gasteiger partial charge is 0.497 e. The molecule has 1 aromatic carbocycles. The molecule has 0 amide bonds. The van der Waals surface area contributed by atoms with Gasteiger partial charge in [0.25, 0.3) is 0 Å². The Kier molecular flexibility index (Phi) is 6.25. The summed E-state index contributed by atoms with van der Waals surface area (Å²) in [5.74, 6) is 2.74. The normalized spacial score (nSPS) is 22.9. The third-order valence-electron chi connectivity index (χ3n) is 5.39. The minimum atomic E-state index is 0.339. The summed E-state index contributed by atoms with van der Waals surface area (Å²) in [4.78, 5) is 7.26. The summed E-state index contributed by atoms with van der Waals surface area (Å²) in [5.41, 5.74) is 1.46. The van der Waals surface area contributed by atoms with Gasteiger partial charge in [-0.15, -0.1) is 0 Å². The molecule has 1 N–H and O–H groups in total. The molecule has 2 heterocycles. The Morgan fingerprint density at radius 2 is 2.19 bits per heavy atom. The van der Waals surface area contributed by atoms with Gasteiger partial charge in [0.15, 0.2) is 5.96 Å². The average molecular weight is 361 g/mol. The van der Waals surface area contributed by atoms with E-state index in [1.807, 2.05) is 18.2 Å². The molecule has 2 saturated heterocycles. The maximum absolute atomic E-state index is 5.64. The Hall–Kier alpha value is -1.95. The summed E-state index contributed by atoms with van der Waals surface area (Å²) in [5, 5.41) is 3.45. The van der Waals surface area contributed by atoms with Crippen LogP contribution in [0.4, 0.5) is 0 Å². The molecule has 144 valence electrons. The molecule has 0 radical (unpaired) electrons. The molecule has 0 aliphatic carbocycles. The predicted molar refractivity (Wildman–Crippen MR) is 103 cm³/mol. The van der Waals surface area contributed by atoms with Gasteiger partial charge in [-0.3, -0.25) is 4.99 Å². The van der Waals surface area contributed by atoms with E-state index < -0.39 is 0 Å². The molecule has 2 fully saturated rings. The molecule has 0 saturated carbocycles. The standard InChI is InChI=1S/C20H31N3O3/c1-4-21-19(23-11-8-20(14-23)9-12-26-15-20)22-10-7-16-13-17(24-2)5-6-18(16)25-3/h5-6,13H,4,7-12,14-15H2,1-3H3,(H,21,22). The minimum absolute atomic E-state index is 0.339. The monoisotopic (exact) mass is 361 g/mol. The average Bonchev–Trinajstić information content (AvgIpc) is 3.31. The van der Waals surface area contributed by atoms with Crippen molar-refractivity contribution in [3.63, 3.8) is 0 Å². The third kappa shape index (κ3) is 4.23. The lowest BCUT2D eigenvalue weighted by molar-refractivity contribution is 0.156. The van der Waals surface area contributed by atoms with Gasteiger partial charge in [0.05, 0.1) is 20.8 Å². The molecule has 0 bridgehead atoms. The molecule has 0 aromatic heterocycles. The predicted octanol–water partition coefficient (Wildman–Crippen LogP) is 2.32. The summed E-state index contributed by atoms with van der Waals surface area (Å²) in [6.45, 7) is 7.60. The Balaban J connectivity index is 1.65. The first-order valence-corrected chi connectivity index (χ1v) is 9.51. The Bertz CT molecular complexity index is 627. The van der Waals surface area contributed by atoms with Gasteiger partial charge in [0.1, 0.15) is 11.5 Å². The van der Waals surface area contributed by atoms with E-state index in [1.165, 1.54) is 12.8 Å². The second-order valence-electron chi connectivity index (χ2n) is 7.14. The molecular formula is C20H31N3O3. The molecule has 3 rings (SSSR count). The van der Waals surface area contributed by atoms with E-state index in [0.717, 1.165) is 62.3 Å². The highest BCUT2D eigenvalue weighted by Gasteiger charge is 2.42. The molecule has 6 nitrogen and oxygen atoms in total. The third-order valence-corrected chi connectivity index (χ3v) is 5.39. The Labute approximate surface area is 156 Å². The summed E-state index contributed by atoms with van der Waals surface area (Å²) in [7, 11) is 3.38. The SMILES string of the molecule is CCNC(=NCCc1cc(OC)ccc1OC)N1CCC2(CCOC2)C1. The van der Waals surface area contributed by atoms with E-state index in [1.54, 1.807) is 14.2 Å². The van der Waals surface area contributed by atoms with Crippen LogP contribution < -0.4 is 14.8 Å². The van der Waals surface area contributed by atoms with Crippen molar-refractivity contribution in [2.24, 2.45) is 10.4 Å². The second-order valence-corrected chi connectivity index (χ2v) is 7.14. The molecule has 2 aliphatic heterocycles. The summed E-state index contributed by atoms with van der Waals surface area (Å²) >= 11 is 0. The van der Waals surface area contributed by atoms with Crippen molar-refractivity contribution in [3.8, 4) is 11.5 Å². The number of nitrogens with zero attached hydrogens (tertiary/aromatic N) is 2. The highest BCUT2D eigenvalue weighted by atomic mass is 16.5. The topological polar surface area (TPSA) is 55.3 Å². The van der Waals surface area contributed by atoms with E-state index in [2.05, 4.69) is 17.1 Å². The van der Waals surface area contributed by atoms with Gasteiger partial charge in [-0.1, -0.05) is 0 Å². The van der Waals surface area contributed by atoms with E-state index in [4.69, 9.17) is 19.2 Å². The molecule has 1 spiro atoms. The van der Waals surface area contributed by atoms with Gasteiger partial charge < -0.3 is 24.4 Å². The quantitative estimate of drug-likeness (QED) is 0.623. The van der Waals surface area contributed by atoms with Crippen LogP contribution in [0.15, 0.2) is 23.2 Å². The fourth-order valence-electron chi connectivity index (χ4n) is 3.87. The highest BCUT2D eigenvalue weighted by Crippen LogP contribution is 2.38. The maximum atomic E-state index is 5.64. The van der Waals surface area contributed by atoms with E-state index in [9.17, 15) is 0 Å². The minimum Gasteiger partial charge on any atom is -0.497 e. The van der Waals surface area contributed by atoms with Crippen LogP contribution in [0, 0.1) is 5.41 Å². The molecule has 1 aromatic rings. The van der Waals surface area contributed by atoms with Crippen LogP contribution in [-0.4, -0.2) is 64.5 Å². The molecule has 1 unspecified atom stereocenters. The number of aliphatic imine (C=N–C) groups is 1. The lowest BCUT2D eigenvalue weighted by atomic mass is 9.87. The highest BCUT2D eigenvalue weighted by molar-refractivity contribution is 5.80. The van der Waals surface area contributed by atoms with Gasteiger partial charge in [-0.05, 0) is 49.9 Å². The number of methoxy groups -OCH3 is 2. The smallest absolute Gasteiger partial charge is 0.193 e. The zero-order valence-corrected chi connectivity index (χ0v) is 16.2. The van der Waals surface area contributed by atoms with Crippen molar-refractivity contribution in [1.82, 2.24) is 10.2 Å². The number of benzene rings is 1.